The molecule has 0 saturated carbocycles. The molecule has 6 nitrogen and oxygen atoms in total. The molecule has 154 valence electrons. The van der Waals surface area contributed by atoms with Crippen LogP contribution in [0.5, 0.6) is 11.5 Å². The lowest BCUT2D eigenvalue weighted by Gasteiger charge is -2.22. The van der Waals surface area contributed by atoms with Crippen LogP contribution in [0.1, 0.15) is 52.6 Å². The second-order valence-electron chi connectivity index (χ2n) is 7.48. The van der Waals surface area contributed by atoms with E-state index in [1.165, 1.54) is 18.2 Å². The Balaban J connectivity index is 2.10. The van der Waals surface area contributed by atoms with Crippen LogP contribution >= 0.6 is 0 Å². The van der Waals surface area contributed by atoms with E-state index in [0.29, 0.717) is 16.9 Å². The number of esters is 2. The van der Waals surface area contributed by atoms with Gasteiger partial charge in [-0.2, -0.15) is 0 Å². The van der Waals surface area contributed by atoms with Crippen molar-refractivity contribution >= 4 is 11.9 Å². The van der Waals surface area contributed by atoms with Crippen LogP contribution in [0.15, 0.2) is 49.1 Å². The van der Waals surface area contributed by atoms with Crippen LogP contribution in [0, 0.1) is 0 Å². The highest BCUT2D eigenvalue weighted by atomic mass is 16.5. The third-order valence-electron chi connectivity index (χ3n) is 4.23. The third-order valence-corrected chi connectivity index (χ3v) is 4.23. The van der Waals surface area contributed by atoms with Crippen molar-refractivity contribution in [2.75, 3.05) is 13.7 Å². The van der Waals surface area contributed by atoms with Crippen LogP contribution in [-0.4, -0.2) is 30.8 Å². The Bertz CT molecular complexity index is 908. The van der Waals surface area contributed by atoms with E-state index >= 15 is 0 Å². The highest BCUT2D eigenvalue weighted by molar-refractivity contribution is 5.92. The molecular formula is C23H26O6. The predicted molar refractivity (Wildman–Crippen MR) is 109 cm³/mol. The molecule has 0 aliphatic carbocycles. The number of phenolic OH excluding ortho intramolecular Hbond substituents is 1. The van der Waals surface area contributed by atoms with Gasteiger partial charge in [0.2, 0.25) is 0 Å². The number of carbonyl (C=O) groups excluding carboxylic acids is 2. The Morgan fingerprint density at radius 2 is 1.79 bits per heavy atom. The van der Waals surface area contributed by atoms with Crippen LogP contribution < -0.4 is 4.74 Å². The van der Waals surface area contributed by atoms with Gasteiger partial charge in [0, 0.05) is 5.56 Å². The summed E-state index contributed by atoms with van der Waals surface area (Å²) in [6.07, 6.45) is 1.44. The molecule has 0 radical (unpaired) electrons. The van der Waals surface area contributed by atoms with E-state index in [0.717, 1.165) is 5.56 Å². The maximum Gasteiger partial charge on any atom is 0.342 e. The van der Waals surface area contributed by atoms with E-state index in [9.17, 15) is 14.7 Å². The van der Waals surface area contributed by atoms with Gasteiger partial charge in [-0.15, -0.1) is 0 Å². The van der Waals surface area contributed by atoms with Gasteiger partial charge in [0.1, 0.15) is 30.3 Å². The van der Waals surface area contributed by atoms with E-state index in [1.54, 1.807) is 31.4 Å². The molecule has 1 N–H and O–H groups in total. The zero-order valence-corrected chi connectivity index (χ0v) is 17.2. The Morgan fingerprint density at radius 3 is 2.38 bits per heavy atom. The first kappa shape index (κ1) is 22.0. The fourth-order valence-electron chi connectivity index (χ4n) is 2.71. The standard InChI is InChI=1S/C23H26O6/c1-6-11-28-22(26)17-9-7-15(12-19(17)24)14-29-21(25)16-8-10-20(27-5)18(13-16)23(2,3)4/h6-10,12-13,24H,1,11,14H2,2-5H3. The summed E-state index contributed by atoms with van der Waals surface area (Å²) in [5.41, 5.74) is 1.68. The molecule has 0 amide bonds. The number of rotatable bonds is 7. The average Bonchev–Trinajstić information content (AvgIpc) is 2.69. The Hall–Kier alpha value is -3.28. The summed E-state index contributed by atoms with van der Waals surface area (Å²) >= 11 is 0. The number of hydrogen-bond acceptors (Lipinski definition) is 6. The van der Waals surface area contributed by atoms with Gasteiger partial charge in [-0.1, -0.05) is 39.5 Å². The van der Waals surface area contributed by atoms with Crippen LogP contribution in [0.4, 0.5) is 0 Å². The molecule has 6 heteroatoms. The van der Waals surface area contributed by atoms with Crippen molar-refractivity contribution in [1.82, 2.24) is 0 Å². The number of carbonyl (C=O) groups is 2. The fraction of sp³-hybridized carbons (Fsp3) is 0.304. The first-order valence-electron chi connectivity index (χ1n) is 9.13. The first-order valence-corrected chi connectivity index (χ1v) is 9.13. The Labute approximate surface area is 170 Å². The topological polar surface area (TPSA) is 82.1 Å². The summed E-state index contributed by atoms with van der Waals surface area (Å²) in [6.45, 7) is 9.56. The predicted octanol–water partition coefficient (Wildman–Crippen LogP) is 4.40. The van der Waals surface area contributed by atoms with Gasteiger partial charge in [0.05, 0.1) is 12.7 Å². The van der Waals surface area contributed by atoms with Gasteiger partial charge in [-0.05, 0) is 41.3 Å². The molecule has 29 heavy (non-hydrogen) atoms. The van der Waals surface area contributed by atoms with Gasteiger partial charge in [-0.25, -0.2) is 9.59 Å². The second-order valence-corrected chi connectivity index (χ2v) is 7.48. The largest absolute Gasteiger partial charge is 0.507 e. The lowest BCUT2D eigenvalue weighted by atomic mass is 9.85. The zero-order valence-electron chi connectivity index (χ0n) is 17.2. The lowest BCUT2D eigenvalue weighted by Crippen LogP contribution is -2.15. The van der Waals surface area contributed by atoms with E-state index in [1.807, 2.05) is 20.8 Å². The lowest BCUT2D eigenvalue weighted by molar-refractivity contribution is 0.0469. The molecule has 0 aliphatic rings. The van der Waals surface area contributed by atoms with Crippen molar-refractivity contribution in [1.29, 1.82) is 0 Å². The summed E-state index contributed by atoms with van der Waals surface area (Å²) in [5.74, 6) is -0.684. The number of methoxy groups -OCH3 is 1. The van der Waals surface area contributed by atoms with Crippen molar-refractivity contribution in [2.45, 2.75) is 32.8 Å². The third kappa shape index (κ3) is 5.60. The highest BCUT2D eigenvalue weighted by Gasteiger charge is 2.21. The van der Waals surface area contributed by atoms with E-state index in [-0.39, 0.29) is 29.9 Å². The van der Waals surface area contributed by atoms with E-state index in [2.05, 4.69) is 6.58 Å². The second kappa shape index (κ2) is 9.28. The summed E-state index contributed by atoms with van der Waals surface area (Å²) in [5, 5.41) is 10.0. The van der Waals surface area contributed by atoms with Crippen molar-refractivity contribution < 1.29 is 28.9 Å². The smallest absolute Gasteiger partial charge is 0.342 e. The summed E-state index contributed by atoms with van der Waals surface area (Å²) in [6, 6.07) is 9.53. The molecule has 0 spiro atoms. The average molecular weight is 398 g/mol. The zero-order chi connectivity index (χ0) is 21.6. The monoisotopic (exact) mass is 398 g/mol. The summed E-state index contributed by atoms with van der Waals surface area (Å²) in [7, 11) is 1.59. The van der Waals surface area contributed by atoms with Gasteiger partial charge < -0.3 is 19.3 Å². The molecule has 2 aromatic carbocycles. The molecule has 0 unspecified atom stereocenters. The SMILES string of the molecule is C=CCOC(=O)c1ccc(COC(=O)c2ccc(OC)c(C(C)(C)C)c2)cc1O. The summed E-state index contributed by atoms with van der Waals surface area (Å²) < 4.78 is 15.6. The number of ether oxygens (including phenoxy) is 3. The minimum Gasteiger partial charge on any atom is -0.507 e. The molecule has 0 aliphatic heterocycles. The first-order chi connectivity index (χ1) is 13.7. The Kier molecular flexibility index (Phi) is 7.04. The number of aromatic hydroxyl groups is 1. The maximum absolute atomic E-state index is 12.5. The number of benzene rings is 2. The van der Waals surface area contributed by atoms with Gasteiger partial charge in [-0.3, -0.25) is 0 Å². The van der Waals surface area contributed by atoms with E-state index in [4.69, 9.17) is 14.2 Å². The minimum atomic E-state index is -0.654. The van der Waals surface area contributed by atoms with Crippen LogP contribution in [-0.2, 0) is 21.5 Å². The molecule has 0 heterocycles. The van der Waals surface area contributed by atoms with Crippen LogP contribution in [0.2, 0.25) is 0 Å². The van der Waals surface area contributed by atoms with Gasteiger partial charge in [0.15, 0.2) is 0 Å². The quantitative estimate of drug-likeness (QED) is 0.550. The molecule has 0 saturated heterocycles. The van der Waals surface area contributed by atoms with Gasteiger partial charge in [0.25, 0.3) is 0 Å². The fourth-order valence-corrected chi connectivity index (χ4v) is 2.71. The van der Waals surface area contributed by atoms with Crippen LogP contribution in [0.3, 0.4) is 0 Å². The summed E-state index contributed by atoms with van der Waals surface area (Å²) in [4.78, 5) is 24.3. The molecule has 0 bridgehead atoms. The number of hydrogen-bond donors (Lipinski definition) is 1. The molecular weight excluding hydrogens is 372 g/mol. The van der Waals surface area contributed by atoms with E-state index < -0.39 is 11.9 Å². The molecule has 2 rings (SSSR count). The maximum atomic E-state index is 12.5. The molecule has 0 atom stereocenters. The highest BCUT2D eigenvalue weighted by Crippen LogP contribution is 2.32. The molecule has 0 aromatic heterocycles. The molecule has 0 fully saturated rings. The Morgan fingerprint density at radius 1 is 1.07 bits per heavy atom. The van der Waals surface area contributed by atoms with Crippen molar-refractivity contribution in [3.63, 3.8) is 0 Å². The minimum absolute atomic E-state index is 0.0342. The van der Waals surface area contributed by atoms with Crippen molar-refractivity contribution in [2.24, 2.45) is 0 Å². The van der Waals surface area contributed by atoms with Crippen molar-refractivity contribution in [3.8, 4) is 11.5 Å². The van der Waals surface area contributed by atoms with Crippen LogP contribution in [0.25, 0.3) is 0 Å². The number of phenols is 1. The normalized spacial score (nSPS) is 10.9. The van der Waals surface area contributed by atoms with Crippen molar-refractivity contribution in [3.05, 3.63) is 71.3 Å². The van der Waals surface area contributed by atoms with Gasteiger partial charge >= 0.3 is 11.9 Å². The molecule has 2 aromatic rings.